The molecule has 1 saturated carbocycles. The molecule has 0 aromatic carbocycles. The summed E-state index contributed by atoms with van der Waals surface area (Å²) in [6.07, 6.45) is 12.4. The zero-order valence-electron chi connectivity index (χ0n) is 19.8. The van der Waals surface area contributed by atoms with Crippen LogP contribution in [0, 0.1) is 0 Å². The van der Waals surface area contributed by atoms with Crippen LogP contribution in [0.4, 0.5) is 17.6 Å². The molecule has 10 heteroatoms. The molecule has 0 bridgehead atoms. The van der Waals surface area contributed by atoms with Gasteiger partial charge in [0.2, 0.25) is 11.9 Å². The van der Waals surface area contributed by atoms with Crippen LogP contribution in [-0.4, -0.2) is 75.2 Å². The third-order valence-corrected chi connectivity index (χ3v) is 7.74. The number of hydrogen-bond acceptors (Lipinski definition) is 9. The van der Waals surface area contributed by atoms with Gasteiger partial charge in [-0.15, -0.1) is 0 Å². The predicted octanol–water partition coefficient (Wildman–Crippen LogP) is 1.55. The molecule has 2 aromatic heterocycles. The molecule has 2 unspecified atom stereocenters. The summed E-state index contributed by atoms with van der Waals surface area (Å²) in [6, 6.07) is 3.37. The quantitative estimate of drug-likeness (QED) is 0.521. The summed E-state index contributed by atoms with van der Waals surface area (Å²) < 4.78 is 0. The van der Waals surface area contributed by atoms with E-state index >= 15 is 0 Å². The Labute approximate surface area is 204 Å². The van der Waals surface area contributed by atoms with E-state index in [9.17, 15) is 9.90 Å². The molecule has 0 radical (unpaired) electrons. The number of nitrogens with one attached hydrogen (secondary N) is 3. The van der Waals surface area contributed by atoms with Crippen molar-refractivity contribution >= 4 is 29.6 Å². The first-order chi connectivity index (χ1) is 17.1. The first-order valence-electron chi connectivity index (χ1n) is 12.6. The number of aliphatic hydroxyl groups is 1. The van der Waals surface area contributed by atoms with Gasteiger partial charge in [-0.25, -0.2) is 9.97 Å². The summed E-state index contributed by atoms with van der Waals surface area (Å²) >= 11 is 0. The standard InChI is InChI=1S/C25H32N8O2/c34-22-19-6-4-17-14-28-24(31-21(17)33(19)25(16-29-22)8-2-1-3-9-25)30-20-7-5-18(15-27-20)23(35)32-12-10-26-11-13-32/h4-7,14-15,19,23,26,35H,1-3,8-13,16H2,(H,29,34)(H,27,28,30,31). The monoisotopic (exact) mass is 476 g/mol. The number of aromatic nitrogens is 3. The highest BCUT2D eigenvalue weighted by molar-refractivity contribution is 5.93. The lowest BCUT2D eigenvalue weighted by molar-refractivity contribution is -0.123. The summed E-state index contributed by atoms with van der Waals surface area (Å²) in [4.78, 5) is 30.9. The molecule has 35 heavy (non-hydrogen) atoms. The predicted molar refractivity (Wildman–Crippen MR) is 133 cm³/mol. The van der Waals surface area contributed by atoms with Crippen molar-refractivity contribution in [2.45, 2.75) is 49.9 Å². The van der Waals surface area contributed by atoms with E-state index in [4.69, 9.17) is 4.98 Å². The number of aliphatic hydroxyl groups excluding tert-OH is 1. The van der Waals surface area contributed by atoms with E-state index in [0.29, 0.717) is 18.3 Å². The topological polar surface area (TPSA) is 119 Å². The van der Waals surface area contributed by atoms with Crippen LogP contribution in [0.2, 0.25) is 0 Å². The number of pyridine rings is 1. The van der Waals surface area contributed by atoms with E-state index in [1.54, 1.807) is 6.20 Å². The van der Waals surface area contributed by atoms with Crippen LogP contribution in [0.1, 0.15) is 49.5 Å². The van der Waals surface area contributed by atoms with Crippen LogP contribution in [0.25, 0.3) is 6.08 Å². The van der Waals surface area contributed by atoms with Crippen LogP contribution in [0.5, 0.6) is 0 Å². The number of piperazine rings is 2. The zero-order chi connectivity index (χ0) is 23.8. The molecule has 4 N–H and O–H groups in total. The Kier molecular flexibility index (Phi) is 5.87. The van der Waals surface area contributed by atoms with Gasteiger partial charge in [-0.3, -0.25) is 9.69 Å². The number of carbonyl (C=O) groups is 1. The van der Waals surface area contributed by atoms with E-state index in [0.717, 1.165) is 68.8 Å². The Morgan fingerprint density at radius 2 is 1.94 bits per heavy atom. The molecular formula is C25H32N8O2. The minimum Gasteiger partial charge on any atom is -0.374 e. The van der Waals surface area contributed by atoms with Crippen molar-refractivity contribution in [2.75, 3.05) is 42.9 Å². The van der Waals surface area contributed by atoms with Crippen molar-refractivity contribution < 1.29 is 9.90 Å². The number of anilines is 3. The molecule has 184 valence electrons. The van der Waals surface area contributed by atoms with Crippen molar-refractivity contribution in [3.05, 3.63) is 41.7 Å². The summed E-state index contributed by atoms with van der Waals surface area (Å²) in [5.74, 6) is 1.87. The summed E-state index contributed by atoms with van der Waals surface area (Å²) in [6.45, 7) is 4.00. The largest absolute Gasteiger partial charge is 0.374 e. The number of amides is 1. The minimum atomic E-state index is -0.667. The first-order valence-corrected chi connectivity index (χ1v) is 12.6. The molecule has 1 spiro atoms. The van der Waals surface area contributed by atoms with Gasteiger partial charge in [0.1, 0.15) is 23.9 Å². The van der Waals surface area contributed by atoms with Gasteiger partial charge >= 0.3 is 0 Å². The lowest BCUT2D eigenvalue weighted by Crippen LogP contribution is -2.69. The summed E-state index contributed by atoms with van der Waals surface area (Å²) in [5.41, 5.74) is 1.58. The molecule has 3 fully saturated rings. The fraction of sp³-hybridized carbons (Fsp3) is 0.520. The average Bonchev–Trinajstić information content (AvgIpc) is 2.91. The van der Waals surface area contributed by atoms with Crippen molar-refractivity contribution in [3.8, 4) is 0 Å². The van der Waals surface area contributed by atoms with Crippen LogP contribution in [0.15, 0.2) is 30.6 Å². The maximum atomic E-state index is 12.7. The van der Waals surface area contributed by atoms with E-state index in [2.05, 4.69) is 30.8 Å². The Balaban J connectivity index is 1.24. The van der Waals surface area contributed by atoms with Crippen molar-refractivity contribution in [3.63, 3.8) is 0 Å². The molecule has 2 atom stereocenters. The van der Waals surface area contributed by atoms with Crippen LogP contribution < -0.4 is 20.9 Å². The number of carbonyl (C=O) groups excluding carboxylic acids is 1. The molecule has 5 heterocycles. The molecule has 4 aliphatic rings. The highest BCUT2D eigenvalue weighted by atomic mass is 16.3. The molecule has 10 nitrogen and oxygen atoms in total. The Morgan fingerprint density at radius 3 is 2.71 bits per heavy atom. The SMILES string of the molecule is O=C1NCC2(CCCCC2)N2c3nc(Nc4ccc(C(O)N5CCNCC5)cn4)ncc3C=CC12. The molecule has 6 rings (SSSR count). The van der Waals surface area contributed by atoms with Crippen LogP contribution in [0.3, 0.4) is 0 Å². The molecule has 2 aromatic rings. The van der Waals surface area contributed by atoms with Gasteiger partial charge in [-0.1, -0.05) is 31.4 Å². The van der Waals surface area contributed by atoms with Gasteiger partial charge in [-0.2, -0.15) is 4.98 Å². The zero-order valence-corrected chi connectivity index (χ0v) is 19.8. The lowest BCUT2D eigenvalue weighted by Gasteiger charge is -2.54. The Bertz CT molecular complexity index is 1110. The second-order valence-electron chi connectivity index (χ2n) is 9.91. The summed E-state index contributed by atoms with van der Waals surface area (Å²) in [5, 5.41) is 20.3. The van der Waals surface area contributed by atoms with Crippen molar-refractivity contribution in [2.24, 2.45) is 0 Å². The fourth-order valence-corrected chi connectivity index (χ4v) is 5.84. The number of rotatable bonds is 4. The van der Waals surface area contributed by atoms with Crippen LogP contribution in [-0.2, 0) is 4.79 Å². The number of nitrogens with zero attached hydrogens (tertiary/aromatic N) is 5. The smallest absolute Gasteiger partial charge is 0.246 e. The molecule has 1 aliphatic carbocycles. The fourth-order valence-electron chi connectivity index (χ4n) is 5.84. The number of fused-ring (bicyclic) bond motifs is 4. The molecule has 2 saturated heterocycles. The van der Waals surface area contributed by atoms with E-state index in [-0.39, 0.29) is 17.5 Å². The highest BCUT2D eigenvalue weighted by Crippen LogP contribution is 2.42. The molecule has 1 amide bonds. The van der Waals surface area contributed by atoms with Gasteiger partial charge in [0, 0.05) is 56.2 Å². The van der Waals surface area contributed by atoms with Crippen molar-refractivity contribution in [1.29, 1.82) is 0 Å². The second-order valence-corrected chi connectivity index (χ2v) is 9.91. The minimum absolute atomic E-state index is 0.0246. The van der Waals surface area contributed by atoms with E-state index in [1.807, 2.05) is 35.4 Å². The lowest BCUT2D eigenvalue weighted by atomic mass is 9.77. The summed E-state index contributed by atoms with van der Waals surface area (Å²) in [7, 11) is 0. The number of hydrogen-bond donors (Lipinski definition) is 4. The maximum absolute atomic E-state index is 12.7. The average molecular weight is 477 g/mol. The third kappa shape index (κ3) is 4.15. The van der Waals surface area contributed by atoms with Gasteiger partial charge < -0.3 is 26.0 Å². The first kappa shape index (κ1) is 22.4. The van der Waals surface area contributed by atoms with Crippen LogP contribution >= 0.6 is 0 Å². The normalized spacial score (nSPS) is 24.4. The van der Waals surface area contributed by atoms with E-state index < -0.39 is 6.23 Å². The van der Waals surface area contributed by atoms with Gasteiger partial charge in [0.05, 0.1) is 5.54 Å². The third-order valence-electron chi connectivity index (χ3n) is 7.74. The van der Waals surface area contributed by atoms with Gasteiger partial charge in [-0.05, 0) is 25.0 Å². The van der Waals surface area contributed by atoms with Gasteiger partial charge in [0.15, 0.2) is 0 Å². The molecular weight excluding hydrogens is 444 g/mol. The van der Waals surface area contributed by atoms with Crippen molar-refractivity contribution in [1.82, 2.24) is 30.5 Å². The van der Waals surface area contributed by atoms with E-state index in [1.165, 1.54) is 6.42 Å². The van der Waals surface area contributed by atoms with Gasteiger partial charge in [0.25, 0.3) is 0 Å². The Morgan fingerprint density at radius 1 is 1.11 bits per heavy atom. The Hall–Kier alpha value is -3.08. The second kappa shape index (κ2) is 9.18. The maximum Gasteiger partial charge on any atom is 0.246 e. The molecule has 3 aliphatic heterocycles. The highest BCUT2D eigenvalue weighted by Gasteiger charge is 2.49.